The second-order valence-corrected chi connectivity index (χ2v) is 12.4. The Bertz CT molecular complexity index is 1020. The van der Waals surface area contributed by atoms with Gasteiger partial charge in [-0.25, -0.2) is 16.8 Å². The van der Waals surface area contributed by atoms with E-state index in [1.807, 2.05) is 0 Å². The number of sulfone groups is 1. The monoisotopic (exact) mass is 479 g/mol. The van der Waals surface area contributed by atoms with Crippen LogP contribution in [0, 0.1) is 0 Å². The molecule has 0 radical (unpaired) electrons. The fraction of sp³-hybridized carbons (Fsp3) is 0.632. The van der Waals surface area contributed by atoms with Crippen LogP contribution in [-0.4, -0.2) is 64.7 Å². The van der Waals surface area contributed by atoms with Crippen molar-refractivity contribution in [3.8, 4) is 0 Å². The summed E-state index contributed by atoms with van der Waals surface area (Å²) in [6, 6.07) is 1.40. The van der Waals surface area contributed by atoms with Crippen molar-refractivity contribution < 1.29 is 73.0 Å². The molecule has 1 N–H and O–H groups in total. The number of sulfonamides is 1. The number of aryl methyl sites for hydroxylation is 2. The Kier molecular flexibility index (Phi) is 7.77. The molecule has 1 aromatic carbocycles. The predicted octanol–water partition coefficient (Wildman–Crippen LogP) is -1.37. The summed E-state index contributed by atoms with van der Waals surface area (Å²) < 4.78 is 50.8. The van der Waals surface area contributed by atoms with Gasteiger partial charge in [-0.3, -0.25) is 9.69 Å². The van der Waals surface area contributed by atoms with Gasteiger partial charge in [-0.05, 0) is 66.5 Å². The number of anilines is 1. The molecule has 0 unspecified atom stereocenters. The molecule has 30 heavy (non-hydrogen) atoms. The number of urea groups is 1. The summed E-state index contributed by atoms with van der Waals surface area (Å²) in [5.41, 5.74) is 5.54. The number of hydrogen-bond acceptors (Lipinski definition) is 6. The standard InChI is InChI=1S/C19H27N3O5S2.K/c1-28(24,25)9-8-22-11-15(12-22)29(26,27)21-19(23)20-18-16-6-2-4-13(16)10-14-5-3-7-17(14)18;/h10,15H,2-9,11-12H2,1H3,(H2,20,21,23);/q;+1/p-1. The summed E-state index contributed by atoms with van der Waals surface area (Å²) in [4.78, 5) is 14.2. The molecule has 0 spiro atoms. The van der Waals surface area contributed by atoms with Gasteiger partial charge in [0.2, 0.25) is 0 Å². The number of nitrogens with one attached hydrogen (secondary N) is 1. The van der Waals surface area contributed by atoms with Crippen LogP contribution in [0.25, 0.3) is 4.72 Å². The fourth-order valence-electron chi connectivity index (χ4n) is 4.48. The number of amides is 2. The molecule has 1 aromatic rings. The van der Waals surface area contributed by atoms with E-state index in [-0.39, 0.29) is 70.2 Å². The van der Waals surface area contributed by atoms with Gasteiger partial charge in [-0.2, -0.15) is 0 Å². The quantitative estimate of drug-likeness (QED) is 0.504. The summed E-state index contributed by atoms with van der Waals surface area (Å²) >= 11 is 0. The van der Waals surface area contributed by atoms with Crippen LogP contribution < -0.4 is 56.7 Å². The fourth-order valence-corrected chi connectivity index (χ4v) is 6.29. The van der Waals surface area contributed by atoms with Crippen LogP contribution in [0.2, 0.25) is 0 Å². The van der Waals surface area contributed by atoms with E-state index in [0.717, 1.165) is 61.6 Å². The number of fused-ring (bicyclic) bond motifs is 2. The van der Waals surface area contributed by atoms with E-state index >= 15 is 0 Å². The van der Waals surface area contributed by atoms with Gasteiger partial charge in [0, 0.05) is 25.9 Å². The third kappa shape index (κ3) is 5.48. The second-order valence-electron chi connectivity index (χ2n) is 8.28. The zero-order valence-corrected chi connectivity index (χ0v) is 22.2. The molecule has 1 heterocycles. The largest absolute Gasteiger partial charge is 1.00 e. The summed E-state index contributed by atoms with van der Waals surface area (Å²) in [6.45, 7) is 0.689. The number of nitrogens with zero attached hydrogens (tertiary/aromatic N) is 2. The molecule has 8 nitrogen and oxygen atoms in total. The van der Waals surface area contributed by atoms with E-state index in [1.54, 1.807) is 4.90 Å². The van der Waals surface area contributed by atoms with Crippen molar-refractivity contribution in [3.63, 3.8) is 0 Å². The molecular weight excluding hydrogens is 453 g/mol. The molecule has 1 saturated heterocycles. The number of rotatable bonds is 6. The van der Waals surface area contributed by atoms with Crippen molar-refractivity contribution in [1.29, 1.82) is 0 Å². The van der Waals surface area contributed by atoms with Crippen molar-refractivity contribution in [2.45, 2.75) is 43.8 Å². The Morgan fingerprint density at radius 1 is 1.07 bits per heavy atom. The number of carbonyl (C=O) groups excluding carboxylic acids is 1. The first kappa shape index (κ1) is 24.6. The topological polar surface area (TPSA) is 115 Å². The predicted molar refractivity (Wildman–Crippen MR) is 112 cm³/mol. The molecule has 0 aromatic heterocycles. The van der Waals surface area contributed by atoms with E-state index in [0.29, 0.717) is 6.54 Å². The first-order valence-corrected chi connectivity index (χ1v) is 13.5. The van der Waals surface area contributed by atoms with Crippen LogP contribution in [0.4, 0.5) is 10.5 Å². The summed E-state index contributed by atoms with van der Waals surface area (Å²) in [5, 5.41) is 2.02. The van der Waals surface area contributed by atoms with E-state index < -0.39 is 31.1 Å². The van der Waals surface area contributed by atoms with Gasteiger partial charge < -0.3 is 10.0 Å². The number of hydrogen-bond donors (Lipinski definition) is 1. The molecular formula is C19H26KN3O5S2. The minimum absolute atomic E-state index is 0. The molecule has 0 bridgehead atoms. The first-order chi connectivity index (χ1) is 13.6. The molecule has 160 valence electrons. The minimum Gasteiger partial charge on any atom is -0.423 e. The van der Waals surface area contributed by atoms with Gasteiger partial charge in [0.1, 0.15) is 9.84 Å². The third-order valence-electron chi connectivity index (χ3n) is 6.04. The van der Waals surface area contributed by atoms with Crippen LogP contribution in [0.1, 0.15) is 35.1 Å². The van der Waals surface area contributed by atoms with Gasteiger partial charge in [0.05, 0.1) is 11.0 Å². The molecule has 1 fully saturated rings. The molecule has 0 saturated carbocycles. The zero-order valence-electron chi connectivity index (χ0n) is 17.5. The van der Waals surface area contributed by atoms with E-state index in [1.165, 1.54) is 11.1 Å². The van der Waals surface area contributed by atoms with Crippen molar-refractivity contribution >= 4 is 31.6 Å². The average molecular weight is 480 g/mol. The Labute approximate surface area is 220 Å². The van der Waals surface area contributed by atoms with Crippen molar-refractivity contribution in [3.05, 3.63) is 33.0 Å². The minimum atomic E-state index is -3.94. The summed E-state index contributed by atoms with van der Waals surface area (Å²) in [6.07, 6.45) is 7.01. The van der Waals surface area contributed by atoms with E-state index in [9.17, 15) is 21.6 Å². The molecule has 2 aliphatic carbocycles. The van der Waals surface area contributed by atoms with E-state index in [2.05, 4.69) is 16.1 Å². The maximum atomic E-state index is 12.5. The second kappa shape index (κ2) is 9.46. The van der Waals surface area contributed by atoms with Crippen LogP contribution in [0.3, 0.4) is 0 Å². The van der Waals surface area contributed by atoms with Crippen molar-refractivity contribution in [2.75, 3.05) is 37.0 Å². The van der Waals surface area contributed by atoms with E-state index in [4.69, 9.17) is 0 Å². The Balaban J connectivity index is 0.00000256. The molecule has 3 aliphatic rings. The molecule has 2 amide bonds. The molecule has 11 heteroatoms. The normalized spacial score (nSPS) is 18.8. The van der Waals surface area contributed by atoms with Gasteiger partial charge in [0.25, 0.3) is 0 Å². The van der Waals surface area contributed by atoms with Crippen LogP contribution in [0.15, 0.2) is 6.07 Å². The Morgan fingerprint density at radius 3 is 2.17 bits per heavy atom. The summed E-state index contributed by atoms with van der Waals surface area (Å²) in [7, 11) is -7.03. The van der Waals surface area contributed by atoms with Gasteiger partial charge in [0.15, 0.2) is 16.1 Å². The SMILES string of the molecule is CS(=O)(=O)CCN1CC(S(=O)(=O)[N-]C(=O)Nc2c3c(cc4c2CCC4)CCC3)C1.[K+]. The smallest absolute Gasteiger partial charge is 0.423 e. The third-order valence-corrected chi connectivity index (χ3v) is 8.52. The van der Waals surface area contributed by atoms with Gasteiger partial charge >= 0.3 is 51.4 Å². The van der Waals surface area contributed by atoms with Gasteiger partial charge in [-0.15, -0.1) is 0 Å². The van der Waals surface area contributed by atoms with Crippen LogP contribution in [-0.2, 0) is 45.5 Å². The number of carbonyl (C=O) groups is 1. The molecule has 0 atom stereocenters. The van der Waals surface area contributed by atoms with Crippen molar-refractivity contribution in [1.82, 2.24) is 4.90 Å². The Morgan fingerprint density at radius 2 is 1.63 bits per heavy atom. The first-order valence-electron chi connectivity index (χ1n) is 9.97. The zero-order chi connectivity index (χ0) is 20.8. The maximum Gasteiger partial charge on any atom is 1.00 e. The molecule has 4 rings (SSSR count). The van der Waals surface area contributed by atoms with Crippen LogP contribution in [0.5, 0.6) is 0 Å². The summed E-state index contributed by atoms with van der Waals surface area (Å²) in [5.74, 6) is -0.0123. The van der Waals surface area contributed by atoms with Crippen molar-refractivity contribution in [2.24, 2.45) is 0 Å². The Hall–Kier alpha value is -0.0136. The maximum absolute atomic E-state index is 12.5. The van der Waals surface area contributed by atoms with Crippen LogP contribution >= 0.6 is 0 Å². The van der Waals surface area contributed by atoms with Gasteiger partial charge in [-0.1, -0.05) is 6.07 Å². The number of likely N-dealkylation sites (tertiary alicyclic amines) is 1. The molecule has 1 aliphatic heterocycles. The number of benzene rings is 1. The average Bonchev–Trinajstić information content (AvgIpc) is 3.19.